The largest absolute Gasteiger partial charge is 0.385 e. The van der Waals surface area contributed by atoms with Gasteiger partial charge < -0.3 is 5.11 Å². The van der Waals surface area contributed by atoms with Gasteiger partial charge in [0.05, 0.1) is 5.75 Å². The molecule has 0 heterocycles. The first-order valence-corrected chi connectivity index (χ1v) is 8.73. The number of rotatable bonds is 4. The van der Waals surface area contributed by atoms with Gasteiger partial charge in [-0.05, 0) is 34.7 Å². The fourth-order valence-electron chi connectivity index (χ4n) is 1.27. The first-order chi connectivity index (χ1) is 8.13. The van der Waals surface area contributed by atoms with Crippen molar-refractivity contribution in [3.05, 3.63) is 33.8 Å². The van der Waals surface area contributed by atoms with Crippen molar-refractivity contribution in [2.45, 2.75) is 15.2 Å². The third-order valence-corrected chi connectivity index (χ3v) is 8.26. The first-order valence-electron chi connectivity index (χ1n) is 4.86. The number of hydrogen-bond acceptors (Lipinski definition) is 3. The second-order valence-corrected chi connectivity index (χ2v) is 10.7. The van der Waals surface area contributed by atoms with E-state index in [1.807, 2.05) is 0 Å². The van der Waals surface area contributed by atoms with Crippen LogP contribution in [0, 0.1) is 0 Å². The van der Waals surface area contributed by atoms with Crippen LogP contribution in [0.5, 0.6) is 0 Å². The molecule has 0 aliphatic heterocycles. The molecule has 3 nitrogen and oxygen atoms in total. The molecule has 8 heteroatoms. The number of alkyl halides is 2. The van der Waals surface area contributed by atoms with Gasteiger partial charge in [-0.15, -0.1) is 0 Å². The molecule has 1 rings (SSSR count). The minimum absolute atomic E-state index is 0.169. The van der Waals surface area contributed by atoms with E-state index in [9.17, 15) is 13.5 Å². The van der Waals surface area contributed by atoms with E-state index in [0.717, 1.165) is 0 Å². The fraction of sp³-hybridized carbons (Fsp3) is 0.400. The van der Waals surface area contributed by atoms with Crippen LogP contribution in [0.3, 0.4) is 0 Å². The lowest BCUT2D eigenvalue weighted by Crippen LogP contribution is -2.34. The van der Waals surface area contributed by atoms with E-state index < -0.39 is 18.2 Å². The highest BCUT2D eigenvalue weighted by atomic mass is 127. The highest BCUT2D eigenvalue weighted by Crippen LogP contribution is 2.45. The summed E-state index contributed by atoms with van der Waals surface area (Å²) in [6, 6.07) is 4.38. The zero-order chi connectivity index (χ0) is 14.1. The summed E-state index contributed by atoms with van der Waals surface area (Å²) in [5, 5.41) is 10.7. The molecule has 0 amide bonds. The van der Waals surface area contributed by atoms with E-state index in [1.54, 1.807) is 0 Å². The monoisotopic (exact) mass is 442 g/mol. The molecule has 0 saturated carbocycles. The molecule has 18 heavy (non-hydrogen) atoms. The molecule has 2 unspecified atom stereocenters. The molecule has 1 aromatic rings. The third-order valence-electron chi connectivity index (χ3n) is 2.37. The van der Waals surface area contributed by atoms with Crippen LogP contribution in [-0.4, -0.2) is 21.5 Å². The Labute approximate surface area is 134 Å². The smallest absolute Gasteiger partial charge is 0.225 e. The number of halogens is 4. The highest BCUT2D eigenvalue weighted by Gasteiger charge is 2.46. The van der Waals surface area contributed by atoms with Crippen LogP contribution >= 0.6 is 57.4 Å². The molecule has 0 aliphatic carbocycles. The quantitative estimate of drug-likeness (QED) is 0.569. The molecule has 0 aliphatic rings. The van der Waals surface area contributed by atoms with Crippen LogP contribution in [-0.2, 0) is 9.84 Å². The molecule has 102 valence electrons. The zero-order valence-corrected chi connectivity index (χ0v) is 14.4. The molecule has 2 atom stereocenters. The molecule has 0 spiro atoms. The second-order valence-electron chi connectivity index (χ2n) is 3.53. The summed E-state index contributed by atoms with van der Waals surface area (Å²) < 4.78 is 21.8. The van der Waals surface area contributed by atoms with Crippen molar-refractivity contribution >= 4 is 67.2 Å². The van der Waals surface area contributed by atoms with Crippen LogP contribution in [0.15, 0.2) is 18.2 Å². The van der Waals surface area contributed by atoms with Gasteiger partial charge in [-0.1, -0.05) is 47.8 Å². The van der Waals surface area contributed by atoms with Gasteiger partial charge in [0.1, 0.15) is 6.10 Å². The summed E-state index contributed by atoms with van der Waals surface area (Å²) in [6.07, 6.45) is -1.45. The van der Waals surface area contributed by atoms with Gasteiger partial charge >= 0.3 is 0 Å². The predicted molar refractivity (Wildman–Crippen MR) is 83.5 cm³/mol. The van der Waals surface area contributed by atoms with E-state index in [-0.39, 0.29) is 16.3 Å². The van der Waals surface area contributed by atoms with E-state index in [1.165, 1.54) is 47.7 Å². The number of aliphatic hydroxyl groups excluding tert-OH is 1. The van der Waals surface area contributed by atoms with Crippen molar-refractivity contribution in [1.29, 1.82) is 0 Å². The van der Waals surface area contributed by atoms with Crippen LogP contribution in [0.1, 0.15) is 18.6 Å². The average molecular weight is 444 g/mol. The van der Waals surface area contributed by atoms with Crippen molar-refractivity contribution in [1.82, 2.24) is 0 Å². The van der Waals surface area contributed by atoms with E-state index in [4.69, 9.17) is 34.8 Å². The van der Waals surface area contributed by atoms with Crippen LogP contribution < -0.4 is 0 Å². The van der Waals surface area contributed by atoms with Crippen molar-refractivity contribution < 1.29 is 13.5 Å². The maximum atomic E-state index is 11.8. The Morgan fingerprint density at radius 1 is 1.44 bits per heavy atom. The lowest BCUT2D eigenvalue weighted by molar-refractivity contribution is 0.187. The van der Waals surface area contributed by atoms with Gasteiger partial charge in [0, 0.05) is 15.6 Å². The standard InChI is InChI=1S/C10H10Cl3IO3S/c1-2-18(16,17)10(13,14)9(15)7-4-3-6(11)5-8(7)12/h3-5,9,15H,2H2,1H3. The Morgan fingerprint density at radius 3 is 2.44 bits per heavy atom. The Bertz CT molecular complexity index is 545. The van der Waals surface area contributed by atoms with Gasteiger partial charge in [-0.3, -0.25) is 0 Å². The Balaban J connectivity index is 3.26. The average Bonchev–Trinajstić information content (AvgIpc) is 2.28. The number of sulfone groups is 1. The topological polar surface area (TPSA) is 54.4 Å². The Hall–Kier alpha value is 0.730. The maximum Gasteiger partial charge on any atom is 0.225 e. The number of benzene rings is 1. The molecule has 1 aromatic carbocycles. The summed E-state index contributed by atoms with van der Waals surface area (Å²) in [5.41, 5.74) is 0.225. The van der Waals surface area contributed by atoms with Crippen LogP contribution in [0.25, 0.3) is 0 Å². The molecule has 0 fully saturated rings. The van der Waals surface area contributed by atoms with Crippen molar-refractivity contribution in [3.63, 3.8) is 0 Å². The van der Waals surface area contributed by atoms with Crippen molar-refractivity contribution in [2.24, 2.45) is 0 Å². The summed E-state index contributed by atoms with van der Waals surface area (Å²) in [5.74, 6) is -0.179. The summed E-state index contributed by atoms with van der Waals surface area (Å²) in [6.45, 7) is 1.46. The van der Waals surface area contributed by atoms with E-state index in [2.05, 4.69) is 0 Å². The van der Waals surface area contributed by atoms with Crippen LogP contribution in [0.4, 0.5) is 0 Å². The summed E-state index contributed by atoms with van der Waals surface area (Å²) in [4.78, 5) is 0. The van der Waals surface area contributed by atoms with Crippen molar-refractivity contribution in [3.8, 4) is 0 Å². The molecule has 1 N–H and O–H groups in total. The SMILES string of the molecule is CCS(=O)(=O)C(Cl)(I)C(O)c1ccc(Cl)cc1Cl. The lowest BCUT2D eigenvalue weighted by atomic mass is 10.1. The minimum atomic E-state index is -3.66. The van der Waals surface area contributed by atoms with Crippen LogP contribution in [0.2, 0.25) is 10.0 Å². The number of aliphatic hydroxyl groups is 1. The highest BCUT2D eigenvalue weighted by molar-refractivity contribution is 14.1. The minimum Gasteiger partial charge on any atom is -0.385 e. The summed E-state index contributed by atoms with van der Waals surface area (Å²) in [7, 11) is -3.66. The first kappa shape index (κ1) is 16.8. The van der Waals surface area contributed by atoms with Gasteiger partial charge in [-0.2, -0.15) is 0 Å². The fourth-order valence-corrected chi connectivity index (χ4v) is 4.35. The second kappa shape index (κ2) is 6.01. The molecule has 0 aromatic heterocycles. The summed E-state index contributed by atoms with van der Waals surface area (Å²) >= 11 is 19.1. The molecule has 0 radical (unpaired) electrons. The zero-order valence-electron chi connectivity index (χ0n) is 9.20. The number of hydrogen-bond donors (Lipinski definition) is 1. The Kier molecular flexibility index (Phi) is 5.61. The molecule has 0 bridgehead atoms. The van der Waals surface area contributed by atoms with Crippen molar-refractivity contribution in [2.75, 3.05) is 5.75 Å². The van der Waals surface area contributed by atoms with E-state index >= 15 is 0 Å². The van der Waals surface area contributed by atoms with Gasteiger partial charge in [0.25, 0.3) is 0 Å². The normalized spacial score (nSPS) is 17.2. The van der Waals surface area contributed by atoms with Gasteiger partial charge in [0.2, 0.25) is 2.21 Å². The molecular formula is C10H10Cl3IO3S. The van der Waals surface area contributed by atoms with E-state index in [0.29, 0.717) is 5.02 Å². The third kappa shape index (κ3) is 3.24. The predicted octanol–water partition coefficient (Wildman–Crippen LogP) is 3.79. The lowest BCUT2D eigenvalue weighted by Gasteiger charge is -2.26. The Morgan fingerprint density at radius 2 is 2.00 bits per heavy atom. The molecular weight excluding hydrogens is 433 g/mol. The van der Waals surface area contributed by atoms with Gasteiger partial charge in [-0.25, -0.2) is 8.42 Å². The van der Waals surface area contributed by atoms with Gasteiger partial charge in [0.15, 0.2) is 9.84 Å². The maximum absolute atomic E-state index is 11.8. The molecule has 0 saturated heterocycles.